The topological polar surface area (TPSA) is 450 Å². The molecule has 0 aromatic heterocycles. The summed E-state index contributed by atoms with van der Waals surface area (Å²) in [7, 11) is 0. The van der Waals surface area contributed by atoms with Gasteiger partial charge in [0.15, 0.2) is 0 Å². The summed E-state index contributed by atoms with van der Waals surface area (Å²) in [5.74, 6) is -2.44. The quantitative estimate of drug-likeness (QED) is 0.0372. The maximum atomic E-state index is 13.4. The molecular formula is C95H169N3O39. The molecule has 2 rings (SSSR count). The van der Waals surface area contributed by atoms with Gasteiger partial charge < -0.3 is 157 Å². The number of esters is 3. The molecule has 798 valence electrons. The monoisotopic (exact) mass is 1980 g/mol. The fourth-order valence-corrected chi connectivity index (χ4v) is 11.6. The van der Waals surface area contributed by atoms with E-state index in [1.807, 2.05) is 13.8 Å². The molecule has 1 aromatic carbocycles. The summed E-state index contributed by atoms with van der Waals surface area (Å²) in [5.41, 5.74) is -2.84. The summed E-state index contributed by atoms with van der Waals surface area (Å²) in [6.45, 7) is 39.4. The first-order valence-corrected chi connectivity index (χ1v) is 48.0. The van der Waals surface area contributed by atoms with Crippen molar-refractivity contribution in [3.63, 3.8) is 0 Å². The number of nitrogens with one attached hydrogen (secondary N) is 2. The molecule has 1 heterocycles. The van der Waals surface area contributed by atoms with Crippen molar-refractivity contribution in [2.45, 2.75) is 143 Å². The molecule has 4 amide bonds. The van der Waals surface area contributed by atoms with Crippen molar-refractivity contribution in [2.75, 3.05) is 383 Å². The van der Waals surface area contributed by atoms with Gasteiger partial charge in [-0.1, -0.05) is 26.0 Å². The van der Waals surface area contributed by atoms with Gasteiger partial charge in [0.05, 0.1) is 407 Å². The van der Waals surface area contributed by atoms with Gasteiger partial charge in [0, 0.05) is 32.2 Å². The second-order valence-electron chi connectivity index (χ2n) is 34.5. The van der Waals surface area contributed by atoms with Crippen LogP contribution < -0.4 is 10.6 Å². The Bertz CT molecular complexity index is 3000. The van der Waals surface area contributed by atoms with Gasteiger partial charge in [-0.05, 0) is 79.9 Å². The van der Waals surface area contributed by atoms with Gasteiger partial charge in [0.2, 0.25) is 11.8 Å². The number of ether oxygens (including phenoxy) is 31. The average Bonchev–Trinajstić information content (AvgIpc) is 1.64. The van der Waals surface area contributed by atoms with E-state index in [9.17, 15) is 38.4 Å². The van der Waals surface area contributed by atoms with Gasteiger partial charge in [-0.3, -0.25) is 43.3 Å². The zero-order chi connectivity index (χ0) is 100.0. The van der Waals surface area contributed by atoms with E-state index in [0.29, 0.717) is 315 Å². The highest BCUT2D eigenvalue weighted by Gasteiger charge is 2.36. The number of benzene rings is 1. The third-order valence-electron chi connectivity index (χ3n) is 17.9. The van der Waals surface area contributed by atoms with Gasteiger partial charge in [-0.15, -0.1) is 0 Å². The molecule has 0 aliphatic carbocycles. The normalized spacial score (nSPS) is 12.6. The Labute approximate surface area is 812 Å². The molecule has 42 heteroatoms. The fourth-order valence-electron chi connectivity index (χ4n) is 11.6. The molecule has 0 radical (unpaired) electrons. The molecule has 0 fully saturated rings. The highest BCUT2D eigenvalue weighted by Crippen LogP contribution is 2.24. The van der Waals surface area contributed by atoms with Crippen molar-refractivity contribution in [3.8, 4) is 0 Å². The van der Waals surface area contributed by atoms with Crippen LogP contribution in [0.5, 0.6) is 0 Å². The fraction of sp³-hybridized carbons (Fsp3) is 0.853. The smallest absolute Gasteiger partial charge is 0.308 e. The second kappa shape index (κ2) is 85.8. The zero-order valence-electron chi connectivity index (χ0n) is 84.1. The van der Waals surface area contributed by atoms with Crippen molar-refractivity contribution in [1.29, 1.82) is 0 Å². The Morgan fingerprint density at radius 2 is 0.460 bits per heavy atom. The Kier molecular flexibility index (Phi) is 79.7. The Balaban J connectivity index is 1.25. The van der Waals surface area contributed by atoms with Crippen molar-refractivity contribution in [2.24, 2.45) is 5.41 Å². The number of carbonyl (C=O) groups excluding carboxylic acids is 8. The second-order valence-corrected chi connectivity index (χ2v) is 34.5. The Morgan fingerprint density at radius 1 is 0.248 bits per heavy atom. The van der Waals surface area contributed by atoms with E-state index in [2.05, 4.69) is 10.6 Å². The number of nitrogens with zero attached hydrogens (tertiary/aromatic N) is 1. The van der Waals surface area contributed by atoms with Crippen LogP contribution in [0.1, 0.15) is 142 Å². The molecule has 0 saturated heterocycles. The minimum Gasteiger partial charge on any atom is -0.460 e. The van der Waals surface area contributed by atoms with Crippen molar-refractivity contribution >= 4 is 47.3 Å². The van der Waals surface area contributed by atoms with E-state index in [1.165, 1.54) is 4.90 Å². The number of carbonyl (C=O) groups is 8. The Hall–Kier alpha value is -5.74. The first kappa shape index (κ1) is 127. The number of fused-ring (bicyclic) bond motifs is 1. The highest BCUT2D eigenvalue weighted by atomic mass is 16.6. The van der Waals surface area contributed by atoms with Crippen molar-refractivity contribution in [3.05, 3.63) is 35.4 Å². The van der Waals surface area contributed by atoms with Crippen LogP contribution in [0.15, 0.2) is 24.3 Å². The minimum atomic E-state index is -1.30. The van der Waals surface area contributed by atoms with Crippen molar-refractivity contribution < 1.29 is 185 Å². The summed E-state index contributed by atoms with van der Waals surface area (Å²) in [6, 6.07) is 6.79. The maximum Gasteiger partial charge on any atom is 0.308 e. The summed E-state index contributed by atoms with van der Waals surface area (Å²) in [6.07, 6.45) is 0.649. The summed E-state index contributed by atoms with van der Waals surface area (Å²) < 4.78 is 173. The first-order chi connectivity index (χ1) is 66.1. The molecule has 2 N–H and O–H groups in total. The standard InChI is InChI=1S/C95H169N3O39/c1-91(2,3)135-86(102)19-27-131-78-95(79-132-28-20-87(103)136-92(4,5)6,80-133-29-21-88(104)137-93(7,8)9)97-85(101)18-26-109-33-36-112-39-42-115-45-48-118-51-54-121-57-60-124-64-65-126-66-67-127-68-69-128-70-71-129-72-73-130-74-75-134-77-94(10,11)76-81(99)16-24-107-30-22-96-84(100)17-25-108-32-35-111-38-41-114-44-47-117-50-53-120-56-59-123-62-63-125-61-58-122-55-52-119-49-46-116-43-40-113-37-34-110-31-23-98-89(105)82-14-12-13-15-83(82)90(98)106/h12-15H,16-80H2,1-11H3,(H,96,100)(H,97,101). The molecule has 0 saturated carbocycles. The molecule has 1 aromatic rings. The lowest BCUT2D eigenvalue weighted by Crippen LogP contribution is -2.59. The summed E-state index contributed by atoms with van der Waals surface area (Å²) in [4.78, 5) is 102. The highest BCUT2D eigenvalue weighted by molar-refractivity contribution is 6.21. The lowest BCUT2D eigenvalue weighted by molar-refractivity contribution is -0.157. The van der Waals surface area contributed by atoms with Gasteiger partial charge >= 0.3 is 17.9 Å². The van der Waals surface area contributed by atoms with Crippen LogP contribution in [0, 0.1) is 5.41 Å². The van der Waals surface area contributed by atoms with Crippen LogP contribution in [0.2, 0.25) is 0 Å². The maximum absolute atomic E-state index is 13.4. The van der Waals surface area contributed by atoms with Crippen molar-refractivity contribution in [1.82, 2.24) is 15.5 Å². The number of hydrogen-bond acceptors (Lipinski definition) is 39. The zero-order valence-corrected chi connectivity index (χ0v) is 84.1. The van der Waals surface area contributed by atoms with E-state index in [0.717, 1.165) is 0 Å². The predicted octanol–water partition coefficient (Wildman–Crippen LogP) is 5.07. The van der Waals surface area contributed by atoms with Gasteiger partial charge in [-0.25, -0.2) is 0 Å². The first-order valence-electron chi connectivity index (χ1n) is 48.0. The van der Waals surface area contributed by atoms with E-state index in [1.54, 1.807) is 86.6 Å². The SMILES string of the molecule is CC(C)(COCCOCCOCCOCCOCCOCCOCCOCCOCCOCCOCCOCCC(=O)NC(COCCC(=O)OC(C)(C)C)(COCCC(=O)OC(C)(C)C)COCCC(=O)OC(C)(C)C)CC(=O)CCOCCNC(=O)CCOCCOCCOCCOCCOCCOCCOCCOCCOCCOCCOCCOCCN1C(=O)c2ccccc2C1=O. The van der Waals surface area contributed by atoms with E-state index < -0.39 is 46.2 Å². The number of Topliss-reactive ketones (excluding diaryl/α,β-unsaturated/α-hetero) is 1. The number of rotatable bonds is 101. The third kappa shape index (κ3) is 82.4. The third-order valence-corrected chi connectivity index (χ3v) is 17.9. The van der Waals surface area contributed by atoms with Crippen LogP contribution in [0.3, 0.4) is 0 Å². The lowest BCUT2D eigenvalue weighted by atomic mass is 9.87. The molecule has 0 atom stereocenters. The van der Waals surface area contributed by atoms with Gasteiger partial charge in [0.25, 0.3) is 11.8 Å². The van der Waals surface area contributed by atoms with Crippen LogP contribution in [-0.4, -0.2) is 458 Å². The van der Waals surface area contributed by atoms with Gasteiger partial charge in [-0.2, -0.15) is 0 Å². The molecule has 0 unspecified atom stereocenters. The predicted molar refractivity (Wildman–Crippen MR) is 497 cm³/mol. The number of hydrogen-bond donors (Lipinski definition) is 2. The minimum absolute atomic E-state index is 0.0271. The van der Waals surface area contributed by atoms with Crippen LogP contribution in [0.25, 0.3) is 0 Å². The summed E-state index contributed by atoms with van der Waals surface area (Å²) in [5, 5.41) is 5.76. The van der Waals surface area contributed by atoms with E-state index in [-0.39, 0.29) is 153 Å². The molecule has 42 nitrogen and oxygen atoms in total. The Morgan fingerprint density at radius 3 is 0.723 bits per heavy atom. The molecule has 0 spiro atoms. The van der Waals surface area contributed by atoms with Gasteiger partial charge in [0.1, 0.15) is 28.1 Å². The molecule has 1 aliphatic heterocycles. The average molecular weight is 1980 g/mol. The number of imide groups is 1. The molecule has 137 heavy (non-hydrogen) atoms. The van der Waals surface area contributed by atoms with E-state index >= 15 is 0 Å². The van der Waals surface area contributed by atoms with Crippen LogP contribution in [0.4, 0.5) is 0 Å². The molecule has 1 aliphatic rings. The molecular weight excluding hydrogens is 1810 g/mol. The lowest BCUT2D eigenvalue weighted by Gasteiger charge is -2.34. The van der Waals surface area contributed by atoms with E-state index in [4.69, 9.17) is 147 Å². The largest absolute Gasteiger partial charge is 0.460 e. The summed E-state index contributed by atoms with van der Waals surface area (Å²) >= 11 is 0. The van der Waals surface area contributed by atoms with Crippen LogP contribution >= 0.6 is 0 Å². The van der Waals surface area contributed by atoms with Crippen LogP contribution in [-0.2, 0) is 176 Å². The number of ketones is 1. The molecule has 0 bridgehead atoms. The number of amides is 4.